The summed E-state index contributed by atoms with van der Waals surface area (Å²) < 4.78 is 34.5. The van der Waals surface area contributed by atoms with Crippen molar-refractivity contribution in [2.24, 2.45) is 0 Å². The van der Waals surface area contributed by atoms with Crippen LogP contribution in [-0.4, -0.2) is 50.9 Å². The van der Waals surface area contributed by atoms with Crippen LogP contribution in [0.3, 0.4) is 0 Å². The smallest absolute Gasteiger partial charge is 0.264 e. The average Bonchev–Trinajstić information content (AvgIpc) is 3.06. The monoisotopic (exact) mass is 681 g/mol. The highest BCUT2D eigenvalue weighted by Gasteiger charge is 2.35. The zero-order chi connectivity index (χ0) is 33.3. The molecule has 8 nitrogen and oxygen atoms in total. The van der Waals surface area contributed by atoms with Gasteiger partial charge >= 0.3 is 0 Å². The number of anilines is 1. The molecule has 2 atom stereocenters. The molecular weight excluding hydrogens is 645 g/mol. The van der Waals surface area contributed by atoms with E-state index in [1.807, 2.05) is 44.2 Å². The standard InChI is InChI=1S/C35H37Cl2N3O5S/c1-4-25(2)38-35(42)33(22-26-12-7-5-8-13-26)39(23-30-31(36)16-11-17-32(30)37)34(41)24-40(27-14-9-6-10-15-27)46(43,44)29-20-18-28(45-3)19-21-29/h5-21,25,33H,4,22-24H2,1-3H3,(H,38,42)/t25-,33-/m1/s1. The first-order valence-corrected chi connectivity index (χ1v) is 17.0. The maximum Gasteiger partial charge on any atom is 0.264 e. The molecule has 0 fully saturated rings. The van der Waals surface area contributed by atoms with E-state index in [2.05, 4.69) is 5.32 Å². The summed E-state index contributed by atoms with van der Waals surface area (Å²) in [5, 5.41) is 3.64. The van der Waals surface area contributed by atoms with Crippen LogP contribution in [0, 0.1) is 0 Å². The van der Waals surface area contributed by atoms with Crippen LogP contribution in [0.15, 0.2) is 108 Å². The fraction of sp³-hybridized carbons (Fsp3) is 0.257. The number of halogens is 2. The van der Waals surface area contributed by atoms with Crippen LogP contribution < -0.4 is 14.4 Å². The first kappa shape index (κ1) is 34.8. The highest BCUT2D eigenvalue weighted by molar-refractivity contribution is 7.92. The van der Waals surface area contributed by atoms with Crippen molar-refractivity contribution in [1.82, 2.24) is 10.2 Å². The Labute approximate surface area is 280 Å². The molecule has 0 aromatic heterocycles. The lowest BCUT2D eigenvalue weighted by atomic mass is 10.0. The van der Waals surface area contributed by atoms with E-state index in [0.717, 1.165) is 9.87 Å². The highest BCUT2D eigenvalue weighted by Crippen LogP contribution is 2.29. The average molecular weight is 683 g/mol. The number of ether oxygens (including phenoxy) is 1. The minimum Gasteiger partial charge on any atom is -0.497 e. The quantitative estimate of drug-likeness (QED) is 0.159. The number of sulfonamides is 1. The summed E-state index contributed by atoms with van der Waals surface area (Å²) >= 11 is 13.1. The zero-order valence-corrected chi connectivity index (χ0v) is 28.2. The Kier molecular flexibility index (Phi) is 12.1. The number of carbonyl (C=O) groups excluding carboxylic acids is 2. The normalized spacial score (nSPS) is 12.5. The summed E-state index contributed by atoms with van der Waals surface area (Å²) in [7, 11) is -2.76. The Balaban J connectivity index is 1.82. The molecule has 0 aliphatic heterocycles. The van der Waals surface area contributed by atoms with E-state index in [0.29, 0.717) is 27.8 Å². The number of para-hydroxylation sites is 1. The maximum absolute atomic E-state index is 14.6. The van der Waals surface area contributed by atoms with Crippen molar-refractivity contribution in [1.29, 1.82) is 0 Å². The second kappa shape index (κ2) is 16.0. The van der Waals surface area contributed by atoms with E-state index in [1.54, 1.807) is 60.7 Å². The zero-order valence-electron chi connectivity index (χ0n) is 25.9. The number of carbonyl (C=O) groups is 2. The summed E-state index contributed by atoms with van der Waals surface area (Å²) in [6.07, 6.45) is 0.851. The number of benzene rings is 4. The predicted molar refractivity (Wildman–Crippen MR) is 183 cm³/mol. The molecule has 4 aromatic carbocycles. The number of hydrogen-bond donors (Lipinski definition) is 1. The Bertz CT molecular complexity index is 1700. The molecule has 0 spiro atoms. The van der Waals surface area contributed by atoms with Crippen molar-refractivity contribution >= 4 is 50.7 Å². The minimum absolute atomic E-state index is 0.0269. The lowest BCUT2D eigenvalue weighted by molar-refractivity contribution is -0.140. The maximum atomic E-state index is 14.6. The van der Waals surface area contributed by atoms with Crippen LogP contribution in [0.1, 0.15) is 31.4 Å². The van der Waals surface area contributed by atoms with E-state index >= 15 is 0 Å². The summed E-state index contributed by atoms with van der Waals surface area (Å²) in [6.45, 7) is 3.11. The van der Waals surface area contributed by atoms with Gasteiger partial charge in [0, 0.05) is 34.6 Å². The Morgan fingerprint density at radius 3 is 2.00 bits per heavy atom. The molecule has 0 aliphatic carbocycles. The molecule has 1 N–H and O–H groups in total. The Hall–Kier alpha value is -4.05. The first-order chi connectivity index (χ1) is 22.0. The van der Waals surface area contributed by atoms with Crippen molar-refractivity contribution in [3.05, 3.63) is 124 Å². The van der Waals surface area contributed by atoms with E-state index in [4.69, 9.17) is 27.9 Å². The van der Waals surface area contributed by atoms with E-state index in [-0.39, 0.29) is 35.5 Å². The van der Waals surface area contributed by atoms with Crippen molar-refractivity contribution in [2.75, 3.05) is 18.0 Å². The molecule has 0 saturated carbocycles. The summed E-state index contributed by atoms with van der Waals surface area (Å²) in [6, 6.07) is 27.4. The van der Waals surface area contributed by atoms with Crippen molar-refractivity contribution in [3.63, 3.8) is 0 Å². The van der Waals surface area contributed by atoms with Gasteiger partial charge in [0.25, 0.3) is 10.0 Å². The third-order valence-corrected chi connectivity index (χ3v) is 10.1. The van der Waals surface area contributed by atoms with Crippen LogP contribution >= 0.6 is 23.2 Å². The molecule has 242 valence electrons. The van der Waals surface area contributed by atoms with Gasteiger partial charge in [-0.2, -0.15) is 0 Å². The topological polar surface area (TPSA) is 96.0 Å². The van der Waals surface area contributed by atoms with Crippen LogP contribution in [0.25, 0.3) is 0 Å². The fourth-order valence-electron chi connectivity index (χ4n) is 4.85. The van der Waals surface area contributed by atoms with Crippen LogP contribution in [0.4, 0.5) is 5.69 Å². The number of nitrogens with zero attached hydrogens (tertiary/aromatic N) is 2. The van der Waals surface area contributed by atoms with Crippen molar-refractivity contribution in [2.45, 2.75) is 50.2 Å². The molecule has 46 heavy (non-hydrogen) atoms. The number of rotatable bonds is 14. The summed E-state index contributed by atoms with van der Waals surface area (Å²) in [5.41, 5.74) is 1.55. The van der Waals surface area contributed by atoms with Gasteiger partial charge in [0.2, 0.25) is 11.8 Å². The second-order valence-corrected chi connectivity index (χ2v) is 13.4. The van der Waals surface area contributed by atoms with Crippen molar-refractivity contribution < 1.29 is 22.7 Å². The molecule has 0 saturated heterocycles. The van der Waals surface area contributed by atoms with E-state index in [1.165, 1.54) is 24.1 Å². The molecule has 2 amide bonds. The molecule has 4 rings (SSSR count). The molecule has 0 aliphatic rings. The third kappa shape index (κ3) is 8.60. The Morgan fingerprint density at radius 1 is 0.848 bits per heavy atom. The van der Waals surface area contributed by atoms with Gasteiger partial charge in [-0.15, -0.1) is 0 Å². The SMILES string of the molecule is CC[C@@H](C)NC(=O)[C@@H](Cc1ccccc1)N(Cc1c(Cl)cccc1Cl)C(=O)CN(c1ccccc1)S(=O)(=O)c1ccc(OC)cc1. The second-order valence-electron chi connectivity index (χ2n) is 10.8. The molecular formula is C35H37Cl2N3O5S. The van der Waals surface area contributed by atoms with E-state index in [9.17, 15) is 18.0 Å². The van der Waals surface area contributed by atoms with Crippen LogP contribution in [0.5, 0.6) is 5.75 Å². The van der Waals surface area contributed by atoms with Crippen molar-refractivity contribution in [3.8, 4) is 5.75 Å². The van der Waals surface area contributed by atoms with Gasteiger partial charge in [0.05, 0.1) is 17.7 Å². The van der Waals surface area contributed by atoms with Gasteiger partial charge in [0.15, 0.2) is 0 Å². The van der Waals surface area contributed by atoms with E-state index < -0.39 is 28.5 Å². The van der Waals surface area contributed by atoms with Gasteiger partial charge in [-0.25, -0.2) is 8.42 Å². The molecule has 0 radical (unpaired) electrons. The predicted octanol–water partition coefficient (Wildman–Crippen LogP) is 6.75. The molecule has 0 heterocycles. The molecule has 0 bridgehead atoms. The fourth-order valence-corrected chi connectivity index (χ4v) is 6.78. The number of methoxy groups -OCH3 is 1. The lowest BCUT2D eigenvalue weighted by Gasteiger charge is -2.34. The number of hydrogen-bond acceptors (Lipinski definition) is 5. The largest absolute Gasteiger partial charge is 0.497 e. The molecule has 0 unspecified atom stereocenters. The van der Waals surface area contributed by atoms with Crippen LogP contribution in [-0.2, 0) is 32.6 Å². The van der Waals surface area contributed by atoms with Gasteiger partial charge in [-0.1, -0.05) is 84.7 Å². The van der Waals surface area contributed by atoms with Gasteiger partial charge in [-0.3, -0.25) is 13.9 Å². The molecule has 11 heteroatoms. The number of nitrogens with one attached hydrogen (secondary N) is 1. The molecule has 4 aromatic rings. The first-order valence-electron chi connectivity index (χ1n) is 14.8. The lowest BCUT2D eigenvalue weighted by Crippen LogP contribution is -2.54. The highest BCUT2D eigenvalue weighted by atomic mass is 35.5. The Morgan fingerprint density at radius 2 is 1.43 bits per heavy atom. The summed E-state index contributed by atoms with van der Waals surface area (Å²) in [4.78, 5) is 29.8. The minimum atomic E-state index is -4.25. The van der Waals surface area contributed by atoms with Gasteiger partial charge in [-0.05, 0) is 67.4 Å². The number of amides is 2. The third-order valence-electron chi connectivity index (χ3n) is 7.63. The van der Waals surface area contributed by atoms with Gasteiger partial charge in [0.1, 0.15) is 18.3 Å². The van der Waals surface area contributed by atoms with Gasteiger partial charge < -0.3 is 15.0 Å². The summed E-state index contributed by atoms with van der Waals surface area (Å²) in [5.74, 6) is -0.503. The van der Waals surface area contributed by atoms with Crippen LogP contribution in [0.2, 0.25) is 10.0 Å².